The second-order valence-corrected chi connectivity index (χ2v) is 4.84. The molecule has 0 aromatic rings. The molecule has 0 saturated heterocycles. The zero-order chi connectivity index (χ0) is 16.7. The summed E-state index contributed by atoms with van der Waals surface area (Å²) in [6.45, 7) is 0.931. The maximum Gasteiger partial charge on any atom is 0.389 e. The zero-order valence-corrected chi connectivity index (χ0v) is 11.5. The van der Waals surface area contributed by atoms with Gasteiger partial charge in [0.2, 0.25) is 0 Å². The fourth-order valence-electron chi connectivity index (χ4n) is 1.64. The molecule has 0 bridgehead atoms. The van der Waals surface area contributed by atoms with Crippen LogP contribution in [0.4, 0.5) is 26.3 Å². The first-order valence-corrected chi connectivity index (χ1v) is 6.47. The molecular weight excluding hydrogens is 302 g/mol. The molecule has 0 aliphatic rings. The molecule has 124 valence electrons. The molecular formula is C13H18F6O2. The quantitative estimate of drug-likeness (QED) is 0.373. The van der Waals surface area contributed by atoms with Gasteiger partial charge >= 0.3 is 12.1 Å². The molecule has 0 saturated carbocycles. The number of alkyl halides is 6. The first kappa shape index (κ1) is 19.8. The van der Waals surface area contributed by atoms with Crippen molar-refractivity contribution in [1.29, 1.82) is 0 Å². The lowest BCUT2D eigenvalue weighted by Crippen LogP contribution is -2.28. The molecule has 0 aromatic heterocycles. The van der Waals surface area contributed by atoms with Crippen LogP contribution in [0.25, 0.3) is 0 Å². The maximum atomic E-state index is 13.3. The van der Waals surface area contributed by atoms with E-state index in [4.69, 9.17) is 5.11 Å². The predicted molar refractivity (Wildman–Crippen MR) is 65.0 cm³/mol. The van der Waals surface area contributed by atoms with Crippen molar-refractivity contribution in [2.24, 2.45) is 0 Å². The van der Waals surface area contributed by atoms with Crippen molar-refractivity contribution in [3.8, 4) is 0 Å². The SMILES string of the molecule is CC(=CC(F)(F)C(F)CCCCCCC(F)(F)F)C(=O)O. The van der Waals surface area contributed by atoms with Crippen molar-refractivity contribution in [2.75, 3.05) is 0 Å². The van der Waals surface area contributed by atoms with Crippen LogP contribution < -0.4 is 0 Å². The Morgan fingerprint density at radius 2 is 1.62 bits per heavy atom. The Bertz CT molecular complexity index is 362. The summed E-state index contributed by atoms with van der Waals surface area (Å²) >= 11 is 0. The van der Waals surface area contributed by atoms with Crippen molar-refractivity contribution < 1.29 is 36.2 Å². The van der Waals surface area contributed by atoms with Crippen LogP contribution >= 0.6 is 0 Å². The number of aliphatic carboxylic acids is 1. The highest BCUT2D eigenvalue weighted by Crippen LogP contribution is 2.29. The number of unbranched alkanes of at least 4 members (excludes halogenated alkanes) is 3. The van der Waals surface area contributed by atoms with E-state index in [-0.39, 0.29) is 31.8 Å². The molecule has 0 amide bonds. The normalized spacial score (nSPS) is 15.1. The number of rotatable bonds is 9. The number of carbonyl (C=O) groups is 1. The van der Waals surface area contributed by atoms with Crippen LogP contribution in [0, 0.1) is 0 Å². The summed E-state index contributed by atoms with van der Waals surface area (Å²) in [7, 11) is 0. The first-order chi connectivity index (χ1) is 9.46. The lowest BCUT2D eigenvalue weighted by Gasteiger charge is -2.17. The van der Waals surface area contributed by atoms with E-state index in [1.807, 2.05) is 0 Å². The second-order valence-electron chi connectivity index (χ2n) is 4.84. The Morgan fingerprint density at radius 3 is 2.10 bits per heavy atom. The van der Waals surface area contributed by atoms with E-state index in [0.717, 1.165) is 6.92 Å². The minimum atomic E-state index is -4.24. The van der Waals surface area contributed by atoms with Gasteiger partial charge in [-0.3, -0.25) is 0 Å². The topological polar surface area (TPSA) is 37.3 Å². The van der Waals surface area contributed by atoms with Gasteiger partial charge in [0.05, 0.1) is 0 Å². The fourth-order valence-corrected chi connectivity index (χ4v) is 1.64. The van der Waals surface area contributed by atoms with E-state index in [1.165, 1.54) is 0 Å². The van der Waals surface area contributed by atoms with E-state index in [0.29, 0.717) is 0 Å². The van der Waals surface area contributed by atoms with Gasteiger partial charge in [0.25, 0.3) is 5.92 Å². The van der Waals surface area contributed by atoms with Crippen LogP contribution in [0.2, 0.25) is 0 Å². The molecule has 0 aliphatic carbocycles. The standard InChI is InChI=1S/C13H18F6O2/c1-9(11(20)21)8-12(15,16)10(14)6-4-2-3-5-7-13(17,18)19/h8,10H,2-7H2,1H3,(H,20,21). The predicted octanol–water partition coefficient (Wildman–Crippen LogP) is 4.89. The number of carboxylic acids is 1. The van der Waals surface area contributed by atoms with Gasteiger partial charge in [0, 0.05) is 12.0 Å². The molecule has 1 unspecified atom stereocenters. The minimum absolute atomic E-state index is 0.0224. The summed E-state index contributed by atoms with van der Waals surface area (Å²) < 4.78 is 75.4. The number of hydrogen-bond donors (Lipinski definition) is 1. The minimum Gasteiger partial charge on any atom is -0.478 e. The van der Waals surface area contributed by atoms with Gasteiger partial charge in [-0.1, -0.05) is 19.3 Å². The zero-order valence-electron chi connectivity index (χ0n) is 11.5. The Balaban J connectivity index is 4.06. The van der Waals surface area contributed by atoms with E-state index < -0.39 is 42.7 Å². The summed E-state index contributed by atoms with van der Waals surface area (Å²) in [4.78, 5) is 10.4. The van der Waals surface area contributed by atoms with Crippen LogP contribution in [-0.2, 0) is 4.79 Å². The average molecular weight is 320 g/mol. The highest BCUT2D eigenvalue weighted by Gasteiger charge is 2.37. The monoisotopic (exact) mass is 320 g/mol. The Hall–Kier alpha value is -1.21. The van der Waals surface area contributed by atoms with Crippen LogP contribution in [0.5, 0.6) is 0 Å². The van der Waals surface area contributed by atoms with Gasteiger partial charge in [-0.05, 0) is 25.8 Å². The molecule has 0 heterocycles. The molecule has 21 heavy (non-hydrogen) atoms. The Labute approximate surface area is 118 Å². The van der Waals surface area contributed by atoms with E-state index in [1.54, 1.807) is 0 Å². The lowest BCUT2D eigenvalue weighted by molar-refractivity contribution is -0.136. The molecule has 0 rings (SSSR count). The lowest BCUT2D eigenvalue weighted by atomic mass is 10.0. The van der Waals surface area contributed by atoms with E-state index in [9.17, 15) is 31.1 Å². The fraction of sp³-hybridized carbons (Fsp3) is 0.769. The van der Waals surface area contributed by atoms with Crippen LogP contribution in [-0.4, -0.2) is 29.3 Å². The number of carboxylic acid groups (broad SMARTS) is 1. The van der Waals surface area contributed by atoms with E-state index in [2.05, 4.69) is 0 Å². The molecule has 1 atom stereocenters. The smallest absolute Gasteiger partial charge is 0.389 e. The third-order valence-corrected chi connectivity index (χ3v) is 2.83. The van der Waals surface area contributed by atoms with Crippen molar-refractivity contribution >= 4 is 5.97 Å². The highest BCUT2D eigenvalue weighted by molar-refractivity contribution is 5.85. The van der Waals surface area contributed by atoms with Gasteiger partial charge in [-0.25, -0.2) is 9.18 Å². The van der Waals surface area contributed by atoms with Gasteiger partial charge < -0.3 is 5.11 Å². The third kappa shape index (κ3) is 9.36. The molecule has 0 aliphatic heterocycles. The number of halogens is 6. The van der Waals surface area contributed by atoms with Gasteiger partial charge in [0.1, 0.15) is 0 Å². The molecule has 8 heteroatoms. The summed E-state index contributed by atoms with van der Waals surface area (Å²) in [5, 5.41) is 8.45. The van der Waals surface area contributed by atoms with Gasteiger partial charge in [0.15, 0.2) is 6.17 Å². The molecule has 1 N–H and O–H groups in total. The average Bonchev–Trinajstić information content (AvgIpc) is 2.31. The first-order valence-electron chi connectivity index (χ1n) is 6.47. The Kier molecular flexibility index (Phi) is 7.81. The second kappa shape index (κ2) is 8.29. The van der Waals surface area contributed by atoms with Crippen LogP contribution in [0.15, 0.2) is 11.6 Å². The molecule has 0 radical (unpaired) electrons. The van der Waals surface area contributed by atoms with Crippen molar-refractivity contribution in [2.45, 2.75) is 63.7 Å². The summed E-state index contributed by atoms with van der Waals surface area (Å²) in [5.41, 5.74) is -0.659. The largest absolute Gasteiger partial charge is 0.478 e. The molecule has 2 nitrogen and oxygen atoms in total. The third-order valence-electron chi connectivity index (χ3n) is 2.83. The Morgan fingerprint density at radius 1 is 1.10 bits per heavy atom. The van der Waals surface area contributed by atoms with Crippen molar-refractivity contribution in [1.82, 2.24) is 0 Å². The molecule has 0 spiro atoms. The number of hydrogen-bond acceptors (Lipinski definition) is 1. The number of allylic oxidation sites excluding steroid dienone is 1. The van der Waals surface area contributed by atoms with E-state index >= 15 is 0 Å². The summed E-state index contributed by atoms with van der Waals surface area (Å²) in [6, 6.07) is 0. The maximum absolute atomic E-state index is 13.3. The molecule has 0 aromatic carbocycles. The summed E-state index contributed by atoms with van der Waals surface area (Å²) in [6.07, 6.45) is -7.89. The molecule has 0 fully saturated rings. The van der Waals surface area contributed by atoms with Crippen LogP contribution in [0.3, 0.4) is 0 Å². The highest BCUT2D eigenvalue weighted by atomic mass is 19.4. The van der Waals surface area contributed by atoms with Gasteiger partial charge in [-0.15, -0.1) is 0 Å². The van der Waals surface area contributed by atoms with Crippen molar-refractivity contribution in [3.63, 3.8) is 0 Å². The van der Waals surface area contributed by atoms with Crippen molar-refractivity contribution in [3.05, 3.63) is 11.6 Å². The summed E-state index contributed by atoms with van der Waals surface area (Å²) in [5.74, 6) is -5.46. The van der Waals surface area contributed by atoms with Crippen LogP contribution in [0.1, 0.15) is 45.4 Å². The van der Waals surface area contributed by atoms with Gasteiger partial charge in [-0.2, -0.15) is 22.0 Å².